The minimum absolute atomic E-state index is 0.430. The molecule has 0 aliphatic heterocycles. The highest BCUT2D eigenvalue weighted by Crippen LogP contribution is 2.25. The Labute approximate surface area is 123 Å². The standard InChI is InChI=1S/C13H19ClN6/c1-9-6-17-11(8-16-9)12(15)13-10(14)7-18-20(13)5-4-19(2)3/h6-8,12H,4-5,15H2,1-3H3. The van der Waals surface area contributed by atoms with Gasteiger partial charge in [-0.25, -0.2) is 0 Å². The zero-order valence-corrected chi connectivity index (χ0v) is 12.7. The van der Waals surface area contributed by atoms with Crippen LogP contribution in [0.3, 0.4) is 0 Å². The summed E-state index contributed by atoms with van der Waals surface area (Å²) in [4.78, 5) is 10.6. The molecule has 2 N–H and O–H groups in total. The van der Waals surface area contributed by atoms with Gasteiger partial charge in [-0.15, -0.1) is 0 Å². The van der Waals surface area contributed by atoms with Gasteiger partial charge in [0, 0.05) is 12.7 Å². The van der Waals surface area contributed by atoms with Gasteiger partial charge in [-0.3, -0.25) is 14.6 Å². The van der Waals surface area contributed by atoms with Crippen LogP contribution < -0.4 is 5.73 Å². The van der Waals surface area contributed by atoms with Gasteiger partial charge in [-0.05, 0) is 21.0 Å². The topological polar surface area (TPSA) is 72.9 Å². The second-order valence-corrected chi connectivity index (χ2v) is 5.37. The molecule has 0 amide bonds. The van der Waals surface area contributed by atoms with E-state index in [-0.39, 0.29) is 0 Å². The van der Waals surface area contributed by atoms with Gasteiger partial charge in [-0.2, -0.15) is 5.10 Å². The number of halogens is 1. The van der Waals surface area contributed by atoms with Crippen LogP contribution in [0.5, 0.6) is 0 Å². The Kier molecular flexibility index (Phi) is 4.69. The van der Waals surface area contributed by atoms with E-state index in [0.717, 1.165) is 24.5 Å². The number of aryl methyl sites for hydroxylation is 1. The van der Waals surface area contributed by atoms with Crippen LogP contribution in [0.1, 0.15) is 23.1 Å². The lowest BCUT2D eigenvalue weighted by molar-refractivity contribution is 0.368. The fourth-order valence-corrected chi connectivity index (χ4v) is 2.12. The molecule has 2 aromatic rings. The first-order valence-corrected chi connectivity index (χ1v) is 6.77. The summed E-state index contributed by atoms with van der Waals surface area (Å²) in [6, 6.07) is -0.430. The van der Waals surface area contributed by atoms with Crippen LogP contribution >= 0.6 is 11.6 Å². The Bertz CT molecular complexity index is 563. The Morgan fingerprint density at radius 2 is 2.05 bits per heavy atom. The number of nitrogens with two attached hydrogens (primary N) is 1. The molecule has 0 spiro atoms. The number of rotatable bonds is 5. The lowest BCUT2D eigenvalue weighted by Gasteiger charge is -2.16. The molecule has 2 heterocycles. The summed E-state index contributed by atoms with van der Waals surface area (Å²) in [5, 5.41) is 4.84. The van der Waals surface area contributed by atoms with Crippen molar-refractivity contribution >= 4 is 11.6 Å². The summed E-state index contributed by atoms with van der Waals surface area (Å²) < 4.78 is 1.83. The average Bonchev–Trinajstić information content (AvgIpc) is 2.77. The first kappa shape index (κ1) is 14.9. The maximum absolute atomic E-state index is 6.26. The van der Waals surface area contributed by atoms with E-state index < -0.39 is 6.04 Å². The number of likely N-dealkylation sites (N-methyl/N-ethyl adjacent to an activating group) is 1. The van der Waals surface area contributed by atoms with E-state index in [1.54, 1.807) is 18.6 Å². The predicted octanol–water partition coefficient (Wildman–Crippen LogP) is 1.24. The van der Waals surface area contributed by atoms with E-state index in [9.17, 15) is 0 Å². The second kappa shape index (κ2) is 6.30. The Hall–Kier alpha value is -1.50. The van der Waals surface area contributed by atoms with Gasteiger partial charge < -0.3 is 10.6 Å². The monoisotopic (exact) mass is 294 g/mol. The summed E-state index contributed by atoms with van der Waals surface area (Å²) in [7, 11) is 4.02. The van der Waals surface area contributed by atoms with E-state index in [1.807, 2.05) is 25.7 Å². The van der Waals surface area contributed by atoms with Crippen LogP contribution in [0.2, 0.25) is 5.02 Å². The average molecular weight is 295 g/mol. The predicted molar refractivity (Wildman–Crippen MR) is 78.6 cm³/mol. The minimum Gasteiger partial charge on any atom is -0.318 e. The molecule has 108 valence electrons. The van der Waals surface area contributed by atoms with Crippen molar-refractivity contribution in [1.29, 1.82) is 0 Å². The molecule has 2 rings (SSSR count). The van der Waals surface area contributed by atoms with Crippen molar-refractivity contribution in [3.05, 3.63) is 40.7 Å². The molecule has 1 unspecified atom stereocenters. The van der Waals surface area contributed by atoms with Crippen molar-refractivity contribution in [2.24, 2.45) is 5.73 Å². The van der Waals surface area contributed by atoms with E-state index in [4.69, 9.17) is 17.3 Å². The highest BCUT2D eigenvalue weighted by atomic mass is 35.5. The Morgan fingerprint density at radius 1 is 1.30 bits per heavy atom. The Morgan fingerprint density at radius 3 is 2.65 bits per heavy atom. The van der Waals surface area contributed by atoms with Crippen molar-refractivity contribution in [3.8, 4) is 0 Å². The minimum atomic E-state index is -0.430. The van der Waals surface area contributed by atoms with Crippen LogP contribution in [0.25, 0.3) is 0 Å². The molecule has 7 heteroatoms. The molecule has 0 bridgehead atoms. The summed E-state index contributed by atoms with van der Waals surface area (Å²) in [6.07, 6.45) is 5.00. The number of hydrogen-bond acceptors (Lipinski definition) is 5. The van der Waals surface area contributed by atoms with Crippen LogP contribution in [0.15, 0.2) is 18.6 Å². The Balaban J connectivity index is 2.26. The number of hydrogen-bond donors (Lipinski definition) is 1. The van der Waals surface area contributed by atoms with Gasteiger partial charge in [-0.1, -0.05) is 11.6 Å². The van der Waals surface area contributed by atoms with Crippen molar-refractivity contribution in [2.75, 3.05) is 20.6 Å². The smallest absolute Gasteiger partial charge is 0.0927 e. The molecule has 0 aliphatic carbocycles. The first-order valence-electron chi connectivity index (χ1n) is 6.39. The van der Waals surface area contributed by atoms with Crippen molar-refractivity contribution in [1.82, 2.24) is 24.6 Å². The van der Waals surface area contributed by atoms with E-state index in [2.05, 4.69) is 20.0 Å². The molecular weight excluding hydrogens is 276 g/mol. The maximum Gasteiger partial charge on any atom is 0.0927 e. The van der Waals surface area contributed by atoms with Gasteiger partial charge in [0.05, 0.1) is 47.1 Å². The zero-order chi connectivity index (χ0) is 14.7. The summed E-state index contributed by atoms with van der Waals surface area (Å²) in [6.45, 7) is 3.47. The third-order valence-corrected chi connectivity index (χ3v) is 3.30. The van der Waals surface area contributed by atoms with Crippen LogP contribution in [-0.2, 0) is 6.54 Å². The molecule has 2 aromatic heterocycles. The second-order valence-electron chi connectivity index (χ2n) is 4.96. The summed E-state index contributed by atoms with van der Waals surface area (Å²) in [5.41, 5.74) is 8.57. The third-order valence-electron chi connectivity index (χ3n) is 3.01. The normalized spacial score (nSPS) is 12.9. The molecule has 1 atom stereocenters. The largest absolute Gasteiger partial charge is 0.318 e. The molecule has 6 nitrogen and oxygen atoms in total. The molecule has 0 saturated heterocycles. The molecule has 20 heavy (non-hydrogen) atoms. The van der Waals surface area contributed by atoms with Gasteiger partial charge in [0.15, 0.2) is 0 Å². The summed E-state index contributed by atoms with van der Waals surface area (Å²) >= 11 is 6.21. The molecule has 0 aliphatic rings. The van der Waals surface area contributed by atoms with Gasteiger partial charge in [0.2, 0.25) is 0 Å². The highest BCUT2D eigenvalue weighted by molar-refractivity contribution is 6.31. The maximum atomic E-state index is 6.26. The van der Waals surface area contributed by atoms with Gasteiger partial charge in [0.25, 0.3) is 0 Å². The molecular formula is C13H19ClN6. The zero-order valence-electron chi connectivity index (χ0n) is 11.9. The highest BCUT2D eigenvalue weighted by Gasteiger charge is 2.20. The fourth-order valence-electron chi connectivity index (χ4n) is 1.86. The lowest BCUT2D eigenvalue weighted by Crippen LogP contribution is -2.24. The summed E-state index contributed by atoms with van der Waals surface area (Å²) in [5.74, 6) is 0. The van der Waals surface area contributed by atoms with E-state index in [0.29, 0.717) is 10.7 Å². The van der Waals surface area contributed by atoms with E-state index >= 15 is 0 Å². The van der Waals surface area contributed by atoms with Crippen molar-refractivity contribution in [3.63, 3.8) is 0 Å². The number of nitrogens with zero attached hydrogens (tertiary/aromatic N) is 5. The lowest BCUT2D eigenvalue weighted by atomic mass is 10.1. The quantitative estimate of drug-likeness (QED) is 0.898. The van der Waals surface area contributed by atoms with Crippen LogP contribution in [0.4, 0.5) is 0 Å². The first-order chi connectivity index (χ1) is 9.49. The SMILES string of the molecule is Cc1cnc(C(N)c2c(Cl)cnn2CCN(C)C)cn1. The van der Waals surface area contributed by atoms with Crippen LogP contribution in [0, 0.1) is 6.92 Å². The van der Waals surface area contributed by atoms with Crippen molar-refractivity contribution in [2.45, 2.75) is 19.5 Å². The molecule has 0 fully saturated rings. The third kappa shape index (κ3) is 3.33. The van der Waals surface area contributed by atoms with Gasteiger partial charge in [0.1, 0.15) is 0 Å². The van der Waals surface area contributed by atoms with E-state index in [1.165, 1.54) is 0 Å². The van der Waals surface area contributed by atoms with Gasteiger partial charge >= 0.3 is 0 Å². The molecule has 0 saturated carbocycles. The number of aromatic nitrogens is 4. The van der Waals surface area contributed by atoms with Crippen molar-refractivity contribution < 1.29 is 0 Å². The molecule has 0 radical (unpaired) electrons. The molecule has 0 aromatic carbocycles. The fraction of sp³-hybridized carbons (Fsp3) is 0.462. The van der Waals surface area contributed by atoms with Crippen LogP contribution in [-0.4, -0.2) is 45.3 Å².